The van der Waals surface area contributed by atoms with Crippen LogP contribution in [0.5, 0.6) is 0 Å². The van der Waals surface area contributed by atoms with Crippen molar-refractivity contribution in [1.29, 1.82) is 0 Å². The van der Waals surface area contributed by atoms with Crippen LogP contribution in [-0.4, -0.2) is 40.0 Å². The van der Waals surface area contributed by atoms with Crippen molar-refractivity contribution in [2.24, 2.45) is 0 Å². The Kier molecular flexibility index (Phi) is 5.97. The molecule has 0 radical (unpaired) electrons. The summed E-state index contributed by atoms with van der Waals surface area (Å²) >= 11 is -0.118. The maximum Gasteiger partial charge on any atom is 0.303 e. The first-order valence-corrected chi connectivity index (χ1v) is 8.72. The van der Waals surface area contributed by atoms with Gasteiger partial charge in [0.15, 0.2) is 0 Å². The Morgan fingerprint density at radius 2 is 2.42 bits per heavy atom. The van der Waals surface area contributed by atoms with Gasteiger partial charge in [0.25, 0.3) is 0 Å². The fraction of sp³-hybridized carbons (Fsp3) is 0.500. The van der Waals surface area contributed by atoms with Gasteiger partial charge in [0.1, 0.15) is 0 Å². The number of ether oxygens (including phenoxy) is 1. The first-order chi connectivity index (χ1) is 9.25. The molecule has 0 saturated carbocycles. The van der Waals surface area contributed by atoms with E-state index in [9.17, 15) is 4.79 Å². The number of carbonyl (C=O) groups is 1. The van der Waals surface area contributed by atoms with Gasteiger partial charge in [0, 0.05) is 18.0 Å². The topological polar surface area (TPSA) is 58.6 Å². The van der Waals surface area contributed by atoms with Crippen molar-refractivity contribution in [3.63, 3.8) is 0 Å². The summed E-state index contributed by atoms with van der Waals surface area (Å²) in [6.45, 7) is 1.34. The zero-order valence-corrected chi connectivity index (χ0v) is 12.8. The second kappa shape index (κ2) is 7.75. The second-order valence-electron chi connectivity index (χ2n) is 4.58. The summed E-state index contributed by atoms with van der Waals surface area (Å²) in [5.74, 6) is -0.730. The Morgan fingerprint density at radius 1 is 1.53 bits per heavy atom. The van der Waals surface area contributed by atoms with Gasteiger partial charge < -0.3 is 15.2 Å². The van der Waals surface area contributed by atoms with E-state index in [0.29, 0.717) is 19.6 Å². The summed E-state index contributed by atoms with van der Waals surface area (Å²) in [5.41, 5.74) is 1.18. The first kappa shape index (κ1) is 14.7. The summed E-state index contributed by atoms with van der Waals surface area (Å²) in [6.07, 6.45) is 7.96. The Hall–Kier alpha value is -0.750. The zero-order valence-electron chi connectivity index (χ0n) is 10.6. The van der Waals surface area contributed by atoms with Crippen molar-refractivity contribution in [3.05, 3.63) is 27.9 Å². The van der Waals surface area contributed by atoms with E-state index in [-0.39, 0.29) is 39.2 Å². The molecule has 2 aliphatic rings. The number of aliphatic carboxylic acids is 1. The monoisotopic (exact) mass is 375 g/mol. The van der Waals surface area contributed by atoms with Crippen LogP contribution in [0.25, 0.3) is 0 Å². The van der Waals surface area contributed by atoms with Crippen LogP contribution in [0.15, 0.2) is 27.9 Å². The average molecular weight is 375 g/mol. The van der Waals surface area contributed by atoms with Gasteiger partial charge in [-0.15, -0.1) is 0 Å². The Balaban J connectivity index is 1.87. The minimum atomic E-state index is -0.730. The number of carboxylic acid groups (broad SMARTS) is 1. The summed E-state index contributed by atoms with van der Waals surface area (Å²) in [4.78, 5) is 10.5. The molecule has 2 N–H and O–H groups in total. The van der Waals surface area contributed by atoms with Gasteiger partial charge in [-0.25, -0.2) is 0 Å². The molecule has 5 heteroatoms. The van der Waals surface area contributed by atoms with Crippen LogP contribution in [-0.2, 0) is 9.53 Å². The van der Waals surface area contributed by atoms with E-state index >= 15 is 0 Å². The van der Waals surface area contributed by atoms with Crippen molar-refractivity contribution in [2.45, 2.75) is 31.3 Å². The molecular formula is C14H18INO3. The maximum atomic E-state index is 10.5. The highest BCUT2D eigenvalue weighted by Crippen LogP contribution is 2.15. The molecule has 2 rings (SSSR count). The summed E-state index contributed by atoms with van der Waals surface area (Å²) in [7, 11) is 0. The largest absolute Gasteiger partial charge is 0.481 e. The van der Waals surface area contributed by atoms with Crippen LogP contribution in [0.3, 0.4) is 0 Å². The number of hydrogen-bond acceptors (Lipinski definition) is 3. The smallest absolute Gasteiger partial charge is 0.303 e. The van der Waals surface area contributed by atoms with Crippen LogP contribution >= 0.6 is 20.7 Å². The molecule has 4 nitrogen and oxygen atoms in total. The Bertz CT molecular complexity index is 450. The lowest BCUT2D eigenvalue weighted by Gasteiger charge is -2.31. The highest BCUT2D eigenvalue weighted by atomic mass is 127. The zero-order chi connectivity index (χ0) is 13.5. The fourth-order valence-corrected chi connectivity index (χ4v) is 3.64. The average Bonchev–Trinajstić information content (AvgIpc) is 2.67. The van der Waals surface area contributed by atoms with Crippen molar-refractivity contribution < 1.29 is 14.6 Å². The predicted molar refractivity (Wildman–Crippen MR) is 83.8 cm³/mol. The number of nitrogens with one attached hydrogen (secondary N) is 1. The molecule has 0 aromatic carbocycles. The lowest BCUT2D eigenvalue weighted by atomic mass is 10.0. The second-order valence-corrected chi connectivity index (χ2v) is 6.46. The molecule has 104 valence electrons. The van der Waals surface area contributed by atoms with Crippen molar-refractivity contribution >= 4 is 30.4 Å². The molecule has 2 heterocycles. The quantitative estimate of drug-likeness (QED) is 0.722. The van der Waals surface area contributed by atoms with Crippen LogP contribution in [0.2, 0.25) is 0 Å². The SMILES string of the molecule is O=C(O)CCCC1COCC(C2=C=IC=CC=C2)N1. The third kappa shape index (κ3) is 5.03. The maximum absolute atomic E-state index is 10.5. The highest BCUT2D eigenvalue weighted by Gasteiger charge is 2.23. The molecule has 0 bridgehead atoms. The normalized spacial score (nSPS) is 26.4. The molecule has 0 amide bonds. The number of halogens is 1. The van der Waals surface area contributed by atoms with E-state index in [1.807, 2.05) is 6.08 Å². The van der Waals surface area contributed by atoms with Crippen molar-refractivity contribution in [2.75, 3.05) is 13.2 Å². The van der Waals surface area contributed by atoms with Crippen molar-refractivity contribution in [3.8, 4) is 0 Å². The molecule has 2 aliphatic heterocycles. The Morgan fingerprint density at radius 3 is 3.26 bits per heavy atom. The molecule has 0 spiro atoms. The highest BCUT2D eigenvalue weighted by molar-refractivity contribution is 14.2. The van der Waals surface area contributed by atoms with Gasteiger partial charge in [-0.2, -0.15) is 0 Å². The number of allylic oxidation sites excluding steroid dienone is 2. The molecule has 1 fully saturated rings. The molecule has 1 saturated heterocycles. The van der Waals surface area contributed by atoms with Gasteiger partial charge in [0.2, 0.25) is 0 Å². The third-order valence-corrected chi connectivity index (χ3v) is 4.75. The minimum Gasteiger partial charge on any atom is -0.481 e. The van der Waals surface area contributed by atoms with Gasteiger partial charge in [-0.1, -0.05) is 15.8 Å². The summed E-state index contributed by atoms with van der Waals surface area (Å²) in [5, 5.41) is 12.2. The van der Waals surface area contributed by atoms with E-state index in [1.165, 1.54) is 5.57 Å². The van der Waals surface area contributed by atoms with Gasteiger partial charge in [-0.05, 0) is 43.7 Å². The Labute approximate surface area is 123 Å². The molecule has 0 aromatic heterocycles. The molecular weight excluding hydrogens is 357 g/mol. The molecule has 19 heavy (non-hydrogen) atoms. The number of carboxylic acids is 1. The lowest BCUT2D eigenvalue weighted by Crippen LogP contribution is -2.49. The van der Waals surface area contributed by atoms with E-state index in [0.717, 1.165) is 6.42 Å². The van der Waals surface area contributed by atoms with Gasteiger partial charge >= 0.3 is 5.97 Å². The van der Waals surface area contributed by atoms with Crippen LogP contribution in [0.4, 0.5) is 0 Å². The molecule has 2 unspecified atom stereocenters. The number of morpholine rings is 1. The van der Waals surface area contributed by atoms with E-state index < -0.39 is 5.97 Å². The summed E-state index contributed by atoms with van der Waals surface area (Å²) in [6, 6.07) is 0.439. The molecule has 0 aliphatic carbocycles. The van der Waals surface area contributed by atoms with E-state index in [4.69, 9.17) is 9.84 Å². The van der Waals surface area contributed by atoms with Gasteiger partial charge in [-0.3, -0.25) is 4.79 Å². The third-order valence-electron chi connectivity index (χ3n) is 3.05. The van der Waals surface area contributed by atoms with Crippen LogP contribution < -0.4 is 5.32 Å². The van der Waals surface area contributed by atoms with Gasteiger partial charge in [0.05, 0.1) is 19.3 Å². The lowest BCUT2D eigenvalue weighted by molar-refractivity contribution is -0.137. The van der Waals surface area contributed by atoms with Crippen LogP contribution in [0.1, 0.15) is 19.3 Å². The number of rotatable bonds is 5. The first-order valence-electron chi connectivity index (χ1n) is 6.40. The van der Waals surface area contributed by atoms with Crippen LogP contribution in [0, 0.1) is 0 Å². The predicted octanol–water partition coefficient (Wildman–Crippen LogP) is 1.98. The summed E-state index contributed by atoms with van der Waals surface area (Å²) < 4.78 is 11.3. The minimum absolute atomic E-state index is 0.118. The van der Waals surface area contributed by atoms with Crippen molar-refractivity contribution in [1.82, 2.24) is 5.32 Å². The molecule has 2 atom stereocenters. The standard InChI is InChI=1S/C14H18INO3/c17-14(18)6-3-5-12-9-19-10-13(16-12)11-4-1-2-7-15-8-11/h1-2,4,7,12-13,16H,3,5-6,9-10H2,(H,17,18). The molecule has 0 aromatic rings. The van der Waals surface area contributed by atoms with E-state index in [1.54, 1.807) is 0 Å². The number of hydrogen-bond donors (Lipinski definition) is 2. The fourth-order valence-electron chi connectivity index (χ4n) is 2.10. The van der Waals surface area contributed by atoms with E-state index in [2.05, 4.69) is 25.2 Å².